The lowest BCUT2D eigenvalue weighted by Crippen LogP contribution is -2.49. The molecule has 0 aromatic carbocycles. The molecule has 0 unspecified atom stereocenters. The number of fused-ring (bicyclic) bond motifs is 1. The maximum atomic E-state index is 4.52. The summed E-state index contributed by atoms with van der Waals surface area (Å²) in [6, 6.07) is 0. The van der Waals surface area contributed by atoms with Crippen molar-refractivity contribution in [3.63, 3.8) is 0 Å². The van der Waals surface area contributed by atoms with E-state index in [2.05, 4.69) is 15.5 Å². The van der Waals surface area contributed by atoms with E-state index in [1.807, 2.05) is 0 Å². The summed E-state index contributed by atoms with van der Waals surface area (Å²) in [4.78, 5) is 0. The second-order valence-electron chi connectivity index (χ2n) is 7.30. The predicted octanol–water partition coefficient (Wildman–Crippen LogP) is 2.85. The van der Waals surface area contributed by atoms with Crippen molar-refractivity contribution in [2.75, 3.05) is 11.9 Å². The molecule has 0 radical (unpaired) electrons. The maximum Gasteiger partial charge on any atom is 0.151 e. The number of nitrogens with zero attached hydrogens (tertiary/aromatic N) is 1. The van der Waals surface area contributed by atoms with E-state index in [0.29, 0.717) is 5.41 Å². The van der Waals surface area contributed by atoms with Gasteiger partial charge in [-0.05, 0) is 62.7 Å². The Morgan fingerprint density at radius 2 is 1.67 bits per heavy atom. The van der Waals surface area contributed by atoms with Crippen LogP contribution in [0.15, 0.2) is 0 Å². The number of rotatable bonds is 1. The normalized spacial score (nSPS) is 44.1. The molecule has 96 valence electrons. The highest BCUT2D eigenvalue weighted by molar-refractivity contribution is 5.53. The Hall–Kier alpha value is -0.990. The van der Waals surface area contributed by atoms with Crippen molar-refractivity contribution >= 4 is 5.82 Å². The monoisotopic (exact) mass is 243 g/mol. The van der Waals surface area contributed by atoms with Gasteiger partial charge in [0.2, 0.25) is 0 Å². The third kappa shape index (κ3) is 1.13. The van der Waals surface area contributed by atoms with Gasteiger partial charge in [0, 0.05) is 23.2 Å². The van der Waals surface area contributed by atoms with Crippen LogP contribution in [0.4, 0.5) is 5.82 Å². The van der Waals surface area contributed by atoms with Gasteiger partial charge in [-0.15, -0.1) is 0 Å². The number of anilines is 1. The summed E-state index contributed by atoms with van der Waals surface area (Å²) in [5.74, 6) is 4.21. The van der Waals surface area contributed by atoms with Crippen molar-refractivity contribution in [1.29, 1.82) is 0 Å². The van der Waals surface area contributed by atoms with Gasteiger partial charge in [-0.1, -0.05) is 0 Å². The van der Waals surface area contributed by atoms with Crippen LogP contribution in [-0.4, -0.2) is 16.7 Å². The van der Waals surface area contributed by atoms with E-state index in [0.717, 1.165) is 30.1 Å². The van der Waals surface area contributed by atoms with Gasteiger partial charge in [0.05, 0.1) is 0 Å². The Labute approximate surface area is 108 Å². The van der Waals surface area contributed by atoms with Crippen LogP contribution in [0, 0.1) is 17.8 Å². The molecule has 5 aliphatic rings. The first-order chi connectivity index (χ1) is 8.82. The molecule has 2 N–H and O–H groups in total. The van der Waals surface area contributed by atoms with Crippen molar-refractivity contribution in [2.24, 2.45) is 17.8 Å². The van der Waals surface area contributed by atoms with Gasteiger partial charge in [-0.2, -0.15) is 5.10 Å². The first-order valence-electron chi connectivity index (χ1n) is 7.64. The van der Waals surface area contributed by atoms with Crippen molar-refractivity contribution in [3.8, 4) is 0 Å². The van der Waals surface area contributed by atoms with E-state index in [1.54, 1.807) is 0 Å². The third-order valence-electron chi connectivity index (χ3n) is 6.10. The van der Waals surface area contributed by atoms with Gasteiger partial charge < -0.3 is 5.32 Å². The van der Waals surface area contributed by atoms with Crippen LogP contribution in [0.5, 0.6) is 0 Å². The fourth-order valence-corrected chi connectivity index (χ4v) is 5.92. The average molecular weight is 243 g/mol. The molecule has 1 aromatic rings. The molecule has 2 heterocycles. The summed E-state index contributed by atoms with van der Waals surface area (Å²) in [5.41, 5.74) is 3.54. The first-order valence-corrected chi connectivity index (χ1v) is 7.64. The van der Waals surface area contributed by atoms with E-state index in [9.17, 15) is 0 Å². The van der Waals surface area contributed by atoms with Gasteiger partial charge in [-0.25, -0.2) is 0 Å². The molecule has 0 amide bonds. The van der Waals surface area contributed by atoms with Crippen LogP contribution in [0.25, 0.3) is 0 Å². The minimum Gasteiger partial charge on any atom is -0.368 e. The number of hydrogen-bond donors (Lipinski definition) is 2. The summed E-state index contributed by atoms with van der Waals surface area (Å²) in [7, 11) is 0. The van der Waals surface area contributed by atoms with Crippen LogP contribution < -0.4 is 5.32 Å². The van der Waals surface area contributed by atoms with Gasteiger partial charge in [-0.3, -0.25) is 5.10 Å². The molecule has 0 spiro atoms. The van der Waals surface area contributed by atoms with Crippen molar-refractivity contribution in [3.05, 3.63) is 11.3 Å². The minimum absolute atomic E-state index is 0.487. The highest BCUT2D eigenvalue weighted by atomic mass is 15.2. The van der Waals surface area contributed by atoms with E-state index in [-0.39, 0.29) is 0 Å². The Morgan fingerprint density at radius 1 is 1.00 bits per heavy atom. The summed E-state index contributed by atoms with van der Waals surface area (Å²) in [6.07, 6.45) is 10.1. The Balaban J connectivity index is 1.62. The maximum absolute atomic E-state index is 4.52. The smallest absolute Gasteiger partial charge is 0.151 e. The number of hydrogen-bond acceptors (Lipinski definition) is 2. The summed E-state index contributed by atoms with van der Waals surface area (Å²) >= 11 is 0. The predicted molar refractivity (Wildman–Crippen MR) is 70.6 cm³/mol. The molecule has 1 aromatic heterocycles. The zero-order valence-corrected chi connectivity index (χ0v) is 10.8. The van der Waals surface area contributed by atoms with Crippen LogP contribution in [0.3, 0.4) is 0 Å². The van der Waals surface area contributed by atoms with Gasteiger partial charge in [0.1, 0.15) is 0 Å². The number of aromatic nitrogens is 2. The Kier molecular flexibility index (Phi) is 1.71. The minimum atomic E-state index is 0.487. The molecular weight excluding hydrogens is 222 g/mol. The fourth-order valence-electron chi connectivity index (χ4n) is 5.92. The van der Waals surface area contributed by atoms with E-state index in [1.165, 1.54) is 56.2 Å². The standard InChI is InChI=1S/C15H21N3/c1-2-16-14-12(1)13(17-18-14)15-6-9-3-10(7-15)5-11(4-9)8-15/h9-11H,1-8H2,(H2,16,17,18). The van der Waals surface area contributed by atoms with E-state index >= 15 is 0 Å². The van der Waals surface area contributed by atoms with Gasteiger partial charge >= 0.3 is 0 Å². The summed E-state index contributed by atoms with van der Waals surface area (Å²) in [6.45, 7) is 1.09. The van der Waals surface area contributed by atoms with Gasteiger partial charge in [0.15, 0.2) is 5.82 Å². The number of nitrogens with one attached hydrogen (secondary N) is 2. The van der Waals surface area contributed by atoms with Crippen LogP contribution in [0.2, 0.25) is 0 Å². The Morgan fingerprint density at radius 3 is 2.33 bits per heavy atom. The van der Waals surface area contributed by atoms with E-state index in [4.69, 9.17) is 0 Å². The highest BCUT2D eigenvalue weighted by Crippen LogP contribution is 2.61. The Bertz CT molecular complexity index is 467. The zero-order chi connectivity index (χ0) is 11.7. The fraction of sp³-hybridized carbons (Fsp3) is 0.800. The second kappa shape index (κ2) is 3.12. The van der Waals surface area contributed by atoms with Crippen LogP contribution >= 0.6 is 0 Å². The lowest BCUT2D eigenvalue weighted by molar-refractivity contribution is -0.00756. The lowest BCUT2D eigenvalue weighted by atomic mass is 9.48. The lowest BCUT2D eigenvalue weighted by Gasteiger charge is -2.56. The highest BCUT2D eigenvalue weighted by Gasteiger charge is 2.53. The quantitative estimate of drug-likeness (QED) is 0.796. The number of H-pyrrole nitrogens is 1. The molecule has 18 heavy (non-hydrogen) atoms. The molecular formula is C15H21N3. The largest absolute Gasteiger partial charge is 0.368 e. The van der Waals surface area contributed by atoms with Crippen molar-refractivity contribution in [2.45, 2.75) is 50.4 Å². The SMILES string of the molecule is C1Cc2c(n[nH]c2C23CC4CC(CC(C4)C2)C3)N1. The summed E-state index contributed by atoms with van der Waals surface area (Å²) < 4.78 is 0. The molecule has 3 heteroatoms. The molecule has 4 saturated carbocycles. The molecule has 4 bridgehead atoms. The number of aromatic amines is 1. The topological polar surface area (TPSA) is 40.7 Å². The van der Waals surface area contributed by atoms with Crippen LogP contribution in [-0.2, 0) is 11.8 Å². The first kappa shape index (κ1) is 9.88. The van der Waals surface area contributed by atoms with Gasteiger partial charge in [0.25, 0.3) is 0 Å². The van der Waals surface area contributed by atoms with Crippen molar-refractivity contribution in [1.82, 2.24) is 10.2 Å². The molecule has 3 nitrogen and oxygen atoms in total. The third-order valence-corrected chi connectivity index (χ3v) is 6.10. The molecule has 4 fully saturated rings. The molecule has 6 rings (SSSR count). The second-order valence-corrected chi connectivity index (χ2v) is 7.30. The average Bonchev–Trinajstić information content (AvgIpc) is 2.87. The van der Waals surface area contributed by atoms with Crippen LogP contribution in [0.1, 0.15) is 49.8 Å². The zero-order valence-electron chi connectivity index (χ0n) is 10.8. The van der Waals surface area contributed by atoms with Crippen molar-refractivity contribution < 1.29 is 0 Å². The summed E-state index contributed by atoms with van der Waals surface area (Å²) in [5, 5.41) is 11.3. The molecule has 1 aliphatic heterocycles. The molecule has 0 atom stereocenters. The van der Waals surface area contributed by atoms with E-state index < -0.39 is 0 Å². The molecule has 4 aliphatic carbocycles. The molecule has 0 saturated heterocycles.